The van der Waals surface area contributed by atoms with Crippen molar-refractivity contribution in [2.45, 2.75) is 4.90 Å². The Balaban J connectivity index is 1.99. The van der Waals surface area contributed by atoms with E-state index in [9.17, 15) is 27.2 Å². The highest BCUT2D eigenvalue weighted by molar-refractivity contribution is 7.89. The third-order valence-electron chi connectivity index (χ3n) is 4.70. The van der Waals surface area contributed by atoms with Crippen LogP contribution in [-0.2, 0) is 24.4 Å². The molecule has 0 bridgehead atoms. The summed E-state index contributed by atoms with van der Waals surface area (Å²) in [6, 6.07) is 5.15. The lowest BCUT2D eigenvalue weighted by Gasteiger charge is -2.35. The molecule has 1 aromatic carbocycles. The molecule has 3 amide bonds. The molecule has 1 saturated heterocycles. The Morgan fingerprint density at radius 2 is 1.50 bits per heavy atom. The molecule has 166 valence electrons. The summed E-state index contributed by atoms with van der Waals surface area (Å²) in [7, 11) is -1.09. The zero-order valence-corrected chi connectivity index (χ0v) is 17.7. The molecule has 2 N–H and O–H groups in total. The number of halogens is 1. The zero-order valence-electron chi connectivity index (χ0n) is 16.9. The van der Waals surface area contributed by atoms with Gasteiger partial charge in [-0.15, -0.1) is 0 Å². The van der Waals surface area contributed by atoms with E-state index in [0.717, 1.165) is 10.4 Å². The Kier molecular flexibility index (Phi) is 8.26. The lowest BCUT2D eigenvalue weighted by Crippen LogP contribution is -2.53. The summed E-state index contributed by atoms with van der Waals surface area (Å²) in [4.78, 5) is 38.4. The molecule has 1 aliphatic heterocycles. The van der Waals surface area contributed by atoms with Crippen LogP contribution in [0.25, 0.3) is 0 Å². The Bertz CT molecular complexity index is 869. The van der Waals surface area contributed by atoms with Crippen LogP contribution in [0.2, 0.25) is 0 Å². The quantitative estimate of drug-likeness (QED) is 0.502. The molecular weight excluding hydrogens is 417 g/mol. The number of rotatable bonds is 8. The van der Waals surface area contributed by atoms with Gasteiger partial charge >= 0.3 is 0 Å². The van der Waals surface area contributed by atoms with Crippen molar-refractivity contribution in [1.29, 1.82) is 0 Å². The normalized spacial score (nSPS) is 15.1. The van der Waals surface area contributed by atoms with E-state index >= 15 is 0 Å². The molecule has 0 atom stereocenters. The second-order valence-electron chi connectivity index (χ2n) is 6.71. The molecule has 1 heterocycles. The van der Waals surface area contributed by atoms with Gasteiger partial charge in [-0.3, -0.25) is 19.3 Å². The molecule has 0 unspecified atom stereocenters. The van der Waals surface area contributed by atoms with Gasteiger partial charge < -0.3 is 15.5 Å². The number of carbonyl (C=O) groups is 3. The third kappa shape index (κ3) is 5.97. The summed E-state index contributed by atoms with van der Waals surface area (Å²) < 4.78 is 40.4. The number of nitrogens with one attached hydrogen (secondary N) is 2. The van der Waals surface area contributed by atoms with Crippen molar-refractivity contribution in [3.05, 3.63) is 30.1 Å². The summed E-state index contributed by atoms with van der Waals surface area (Å²) in [6.07, 6.45) is 0. The van der Waals surface area contributed by atoms with Crippen molar-refractivity contribution in [2.75, 3.05) is 59.9 Å². The molecule has 12 heteroatoms. The van der Waals surface area contributed by atoms with Gasteiger partial charge in [0.2, 0.25) is 27.7 Å². The second kappa shape index (κ2) is 10.5. The van der Waals surface area contributed by atoms with E-state index in [-0.39, 0.29) is 63.5 Å². The van der Waals surface area contributed by atoms with Gasteiger partial charge in [-0.25, -0.2) is 12.8 Å². The van der Waals surface area contributed by atoms with Crippen LogP contribution < -0.4 is 10.6 Å². The van der Waals surface area contributed by atoms with Crippen molar-refractivity contribution in [2.24, 2.45) is 0 Å². The maximum absolute atomic E-state index is 13.9. The molecule has 1 aliphatic rings. The highest BCUT2D eigenvalue weighted by atomic mass is 32.2. The number of hydrogen-bond donors (Lipinski definition) is 2. The minimum Gasteiger partial charge on any atom is -0.358 e. The molecule has 1 fully saturated rings. The van der Waals surface area contributed by atoms with Crippen LogP contribution in [0.1, 0.15) is 0 Å². The number of likely N-dealkylation sites (N-methyl/N-ethyl adjacent to an activating group) is 2. The van der Waals surface area contributed by atoms with Gasteiger partial charge in [-0.1, -0.05) is 12.1 Å². The first kappa shape index (κ1) is 23.7. The van der Waals surface area contributed by atoms with Crippen LogP contribution in [0.3, 0.4) is 0 Å². The van der Waals surface area contributed by atoms with Crippen molar-refractivity contribution in [1.82, 2.24) is 24.7 Å². The first-order valence-corrected chi connectivity index (χ1v) is 10.8. The van der Waals surface area contributed by atoms with Gasteiger partial charge in [-0.2, -0.15) is 4.31 Å². The molecule has 0 aliphatic carbocycles. The van der Waals surface area contributed by atoms with Gasteiger partial charge in [0, 0.05) is 40.3 Å². The molecule has 1 aromatic rings. The highest BCUT2D eigenvalue weighted by Gasteiger charge is 2.32. The van der Waals surface area contributed by atoms with Crippen molar-refractivity contribution >= 4 is 27.7 Å². The SMILES string of the molecule is CNC(=O)CN(CC(=O)NC)CC(=O)N1CCN(S(=O)(=O)c2ccccc2F)CC1. The average molecular weight is 444 g/mol. The minimum absolute atomic E-state index is 0.0211. The predicted octanol–water partition coefficient (Wildman–Crippen LogP) is -1.55. The fourth-order valence-electron chi connectivity index (χ4n) is 2.99. The summed E-state index contributed by atoms with van der Waals surface area (Å²) in [6.45, 7) is -0.128. The summed E-state index contributed by atoms with van der Waals surface area (Å²) >= 11 is 0. The van der Waals surface area contributed by atoms with Crippen LogP contribution in [0, 0.1) is 5.82 Å². The number of piperazine rings is 1. The van der Waals surface area contributed by atoms with E-state index in [1.807, 2.05) is 0 Å². The fourth-order valence-corrected chi connectivity index (χ4v) is 4.48. The van der Waals surface area contributed by atoms with Crippen LogP contribution in [0.5, 0.6) is 0 Å². The highest BCUT2D eigenvalue weighted by Crippen LogP contribution is 2.20. The predicted molar refractivity (Wildman–Crippen MR) is 106 cm³/mol. The van der Waals surface area contributed by atoms with Gasteiger partial charge in [0.05, 0.1) is 19.6 Å². The number of amides is 3. The van der Waals surface area contributed by atoms with Crippen LogP contribution in [0.15, 0.2) is 29.2 Å². The average Bonchev–Trinajstić information content (AvgIpc) is 2.73. The minimum atomic E-state index is -4.00. The topological polar surface area (TPSA) is 119 Å². The second-order valence-corrected chi connectivity index (χ2v) is 8.61. The van der Waals surface area contributed by atoms with E-state index in [1.54, 1.807) is 0 Å². The molecule has 0 aromatic heterocycles. The monoisotopic (exact) mass is 443 g/mol. The van der Waals surface area contributed by atoms with Gasteiger partial charge in [0.25, 0.3) is 0 Å². The summed E-state index contributed by atoms with van der Waals surface area (Å²) in [5.41, 5.74) is 0. The van der Waals surface area contributed by atoms with Crippen molar-refractivity contribution < 1.29 is 27.2 Å². The maximum atomic E-state index is 13.9. The lowest BCUT2D eigenvalue weighted by molar-refractivity contribution is -0.135. The van der Waals surface area contributed by atoms with Crippen molar-refractivity contribution in [3.63, 3.8) is 0 Å². The number of benzene rings is 1. The van der Waals surface area contributed by atoms with E-state index in [4.69, 9.17) is 0 Å². The molecular formula is C18H26FN5O5S. The Hall–Kier alpha value is -2.57. The molecule has 0 radical (unpaired) electrons. The lowest BCUT2D eigenvalue weighted by atomic mass is 10.3. The van der Waals surface area contributed by atoms with Crippen LogP contribution in [0.4, 0.5) is 4.39 Å². The summed E-state index contributed by atoms with van der Waals surface area (Å²) in [5.74, 6) is -1.83. The van der Waals surface area contributed by atoms with Crippen LogP contribution >= 0.6 is 0 Å². The van der Waals surface area contributed by atoms with Crippen molar-refractivity contribution in [3.8, 4) is 0 Å². The smallest absolute Gasteiger partial charge is 0.246 e. The molecule has 10 nitrogen and oxygen atoms in total. The standard InChI is InChI=1S/C18H26FN5O5S/c1-20-16(25)11-22(12-17(26)21-2)13-18(27)23-7-9-24(10-8-23)30(28,29)15-6-4-3-5-14(15)19/h3-6H,7-13H2,1-2H3,(H,20,25)(H,21,26). The Morgan fingerprint density at radius 3 is 2.00 bits per heavy atom. The Morgan fingerprint density at radius 1 is 0.967 bits per heavy atom. The van der Waals surface area contributed by atoms with Gasteiger partial charge in [0.1, 0.15) is 10.7 Å². The van der Waals surface area contributed by atoms with Gasteiger partial charge in [-0.05, 0) is 12.1 Å². The molecule has 0 spiro atoms. The fraction of sp³-hybridized carbons (Fsp3) is 0.500. The van der Waals surface area contributed by atoms with E-state index < -0.39 is 20.7 Å². The third-order valence-corrected chi connectivity index (χ3v) is 6.63. The van der Waals surface area contributed by atoms with Gasteiger partial charge in [0.15, 0.2) is 0 Å². The largest absolute Gasteiger partial charge is 0.358 e. The number of hydrogen-bond acceptors (Lipinski definition) is 6. The maximum Gasteiger partial charge on any atom is 0.246 e. The molecule has 2 rings (SSSR count). The molecule has 0 saturated carbocycles. The Labute approximate surface area is 175 Å². The number of carbonyl (C=O) groups excluding carboxylic acids is 3. The zero-order chi connectivity index (χ0) is 22.3. The number of nitrogens with zero attached hydrogens (tertiary/aromatic N) is 3. The van der Waals surface area contributed by atoms with E-state index in [1.165, 1.54) is 42.1 Å². The molecule has 30 heavy (non-hydrogen) atoms. The van der Waals surface area contributed by atoms with E-state index in [2.05, 4.69) is 10.6 Å². The van der Waals surface area contributed by atoms with Crippen LogP contribution in [-0.4, -0.2) is 100 Å². The number of sulfonamides is 1. The summed E-state index contributed by atoms with van der Waals surface area (Å²) in [5, 5.41) is 4.88. The first-order valence-electron chi connectivity index (χ1n) is 9.35. The first-order chi connectivity index (χ1) is 14.2. The van der Waals surface area contributed by atoms with E-state index in [0.29, 0.717) is 0 Å².